The molecule has 0 radical (unpaired) electrons. The van der Waals surface area contributed by atoms with Gasteiger partial charge in [0, 0.05) is 5.56 Å². The molecular formula is C7H7BrO. The van der Waals surface area contributed by atoms with Gasteiger partial charge in [-0.15, -0.1) is 0 Å². The predicted octanol–water partition coefficient (Wildman–Crippen LogP) is 2.95. The summed E-state index contributed by atoms with van der Waals surface area (Å²) < 4.78 is 5.04. The minimum atomic E-state index is 0.950. The van der Waals surface area contributed by atoms with Crippen molar-refractivity contribution < 1.29 is 4.42 Å². The molecule has 1 nitrogen and oxygen atoms in total. The highest BCUT2D eigenvalue weighted by molar-refractivity contribution is 9.11. The topological polar surface area (TPSA) is 13.1 Å². The number of halogens is 1. The fraction of sp³-hybridized carbons (Fsp3) is 0.143. The van der Waals surface area contributed by atoms with Gasteiger partial charge in [0.15, 0.2) is 0 Å². The summed E-state index contributed by atoms with van der Waals surface area (Å²) in [5.41, 5.74) is 1.12. The molecule has 0 aliphatic heterocycles. The van der Waals surface area contributed by atoms with Gasteiger partial charge >= 0.3 is 0 Å². The van der Waals surface area contributed by atoms with Crippen molar-refractivity contribution in [1.82, 2.24) is 0 Å². The van der Waals surface area contributed by atoms with Crippen molar-refractivity contribution in [3.8, 4) is 0 Å². The van der Waals surface area contributed by atoms with Crippen LogP contribution in [0.1, 0.15) is 11.3 Å². The summed E-state index contributed by atoms with van der Waals surface area (Å²) in [6, 6.07) is 1.92. The second kappa shape index (κ2) is 2.87. The summed E-state index contributed by atoms with van der Waals surface area (Å²) >= 11 is 3.18. The quantitative estimate of drug-likeness (QED) is 0.658. The second-order valence-corrected chi connectivity index (χ2v) is 2.25. The Labute approximate surface area is 62.5 Å². The Balaban J connectivity index is 2.94. The molecule has 0 atom stereocenters. The molecule has 0 unspecified atom stereocenters. The van der Waals surface area contributed by atoms with Gasteiger partial charge in [-0.05, 0) is 24.1 Å². The van der Waals surface area contributed by atoms with Crippen molar-refractivity contribution >= 4 is 22.0 Å². The van der Waals surface area contributed by atoms with Gasteiger partial charge in [-0.3, -0.25) is 0 Å². The fourth-order valence-corrected chi connectivity index (χ4v) is 0.920. The van der Waals surface area contributed by atoms with Crippen molar-refractivity contribution in [2.24, 2.45) is 0 Å². The van der Waals surface area contributed by atoms with Gasteiger partial charge in [-0.25, -0.2) is 0 Å². The first kappa shape index (κ1) is 6.62. The van der Waals surface area contributed by atoms with Crippen LogP contribution in [0, 0.1) is 6.92 Å². The molecule has 0 spiro atoms. The van der Waals surface area contributed by atoms with E-state index >= 15 is 0 Å². The molecule has 1 rings (SSSR count). The van der Waals surface area contributed by atoms with Crippen LogP contribution in [-0.2, 0) is 0 Å². The predicted molar refractivity (Wildman–Crippen MR) is 41.4 cm³/mol. The third-order valence-corrected chi connectivity index (χ3v) is 1.41. The first-order valence-corrected chi connectivity index (χ1v) is 3.57. The largest absolute Gasteiger partial charge is 0.469 e. The SMILES string of the molecule is Cc1occc1/C=C/Br. The highest BCUT2D eigenvalue weighted by Gasteiger charge is 1.93. The number of aryl methyl sites for hydroxylation is 1. The Hall–Kier alpha value is -0.500. The minimum Gasteiger partial charge on any atom is -0.469 e. The van der Waals surface area contributed by atoms with Crippen LogP contribution in [0.25, 0.3) is 6.08 Å². The van der Waals surface area contributed by atoms with E-state index in [1.54, 1.807) is 6.26 Å². The van der Waals surface area contributed by atoms with Crippen molar-refractivity contribution in [3.05, 3.63) is 28.6 Å². The molecule has 0 aliphatic rings. The Kier molecular flexibility index (Phi) is 2.11. The summed E-state index contributed by atoms with van der Waals surface area (Å²) in [6.07, 6.45) is 3.62. The summed E-state index contributed by atoms with van der Waals surface area (Å²) in [7, 11) is 0. The molecule has 9 heavy (non-hydrogen) atoms. The maximum atomic E-state index is 5.04. The molecule has 1 aromatic heterocycles. The van der Waals surface area contributed by atoms with Gasteiger partial charge < -0.3 is 4.42 Å². The third kappa shape index (κ3) is 1.45. The summed E-state index contributed by atoms with van der Waals surface area (Å²) in [5.74, 6) is 0.950. The third-order valence-electron chi connectivity index (χ3n) is 1.14. The van der Waals surface area contributed by atoms with E-state index in [0.29, 0.717) is 0 Å². The van der Waals surface area contributed by atoms with Crippen molar-refractivity contribution in [3.63, 3.8) is 0 Å². The van der Waals surface area contributed by atoms with Crippen LogP contribution in [0.4, 0.5) is 0 Å². The van der Waals surface area contributed by atoms with Gasteiger partial charge in [0.25, 0.3) is 0 Å². The van der Waals surface area contributed by atoms with Crippen LogP contribution in [0.2, 0.25) is 0 Å². The number of rotatable bonds is 1. The smallest absolute Gasteiger partial charge is 0.107 e. The lowest BCUT2D eigenvalue weighted by Crippen LogP contribution is -1.65. The van der Waals surface area contributed by atoms with Gasteiger partial charge in [0.1, 0.15) is 5.76 Å². The number of furan rings is 1. The van der Waals surface area contributed by atoms with E-state index < -0.39 is 0 Å². The first-order valence-electron chi connectivity index (χ1n) is 2.65. The standard InChI is InChI=1S/C7H7BrO/c1-6-7(2-4-8)3-5-9-6/h2-5H,1H3/b4-2+. The molecule has 0 aromatic carbocycles. The number of hydrogen-bond donors (Lipinski definition) is 0. The Bertz CT molecular complexity index is 212. The first-order chi connectivity index (χ1) is 4.34. The van der Waals surface area contributed by atoms with E-state index in [0.717, 1.165) is 11.3 Å². The minimum absolute atomic E-state index is 0.950. The zero-order valence-corrected chi connectivity index (χ0v) is 6.68. The highest BCUT2D eigenvalue weighted by atomic mass is 79.9. The molecule has 0 N–H and O–H groups in total. The van der Waals surface area contributed by atoms with Crippen molar-refractivity contribution in [1.29, 1.82) is 0 Å². The molecule has 2 heteroatoms. The lowest BCUT2D eigenvalue weighted by atomic mass is 10.3. The van der Waals surface area contributed by atoms with Gasteiger partial charge in [-0.2, -0.15) is 0 Å². The average molecular weight is 187 g/mol. The van der Waals surface area contributed by atoms with Crippen molar-refractivity contribution in [2.45, 2.75) is 6.92 Å². The van der Waals surface area contributed by atoms with Crippen LogP contribution in [0.15, 0.2) is 21.7 Å². The molecule has 0 amide bonds. The molecule has 0 bridgehead atoms. The molecule has 1 heterocycles. The highest BCUT2D eigenvalue weighted by Crippen LogP contribution is 2.10. The molecule has 1 aromatic rings. The molecule has 0 saturated heterocycles. The second-order valence-electron chi connectivity index (χ2n) is 1.72. The van der Waals surface area contributed by atoms with E-state index in [2.05, 4.69) is 15.9 Å². The Morgan fingerprint density at radius 1 is 1.67 bits per heavy atom. The maximum Gasteiger partial charge on any atom is 0.107 e. The van der Waals surface area contributed by atoms with Crippen molar-refractivity contribution in [2.75, 3.05) is 0 Å². The molecule has 0 aliphatic carbocycles. The molecule has 0 saturated carbocycles. The summed E-state index contributed by atoms with van der Waals surface area (Å²) in [6.45, 7) is 1.93. The fourth-order valence-electron chi connectivity index (χ4n) is 0.636. The normalized spacial score (nSPS) is 10.9. The monoisotopic (exact) mass is 186 g/mol. The van der Waals surface area contributed by atoms with Gasteiger partial charge in [0.05, 0.1) is 6.26 Å². The van der Waals surface area contributed by atoms with Crippen LogP contribution in [-0.4, -0.2) is 0 Å². The molecule has 48 valence electrons. The maximum absolute atomic E-state index is 5.04. The average Bonchev–Trinajstić information content (AvgIpc) is 2.18. The van der Waals surface area contributed by atoms with Crippen LogP contribution in [0.3, 0.4) is 0 Å². The van der Waals surface area contributed by atoms with Crippen LogP contribution >= 0.6 is 15.9 Å². The van der Waals surface area contributed by atoms with E-state index in [4.69, 9.17) is 4.42 Å². The van der Waals surface area contributed by atoms with Crippen LogP contribution in [0.5, 0.6) is 0 Å². The van der Waals surface area contributed by atoms with Gasteiger partial charge in [-0.1, -0.05) is 15.9 Å². The molecular weight excluding hydrogens is 180 g/mol. The number of hydrogen-bond acceptors (Lipinski definition) is 1. The van der Waals surface area contributed by atoms with E-state index in [9.17, 15) is 0 Å². The van der Waals surface area contributed by atoms with E-state index in [1.807, 2.05) is 24.1 Å². The molecule has 0 fully saturated rings. The summed E-state index contributed by atoms with van der Waals surface area (Å²) in [5, 5.41) is 0. The lowest BCUT2D eigenvalue weighted by Gasteiger charge is -1.83. The zero-order valence-electron chi connectivity index (χ0n) is 5.10. The van der Waals surface area contributed by atoms with Crippen LogP contribution < -0.4 is 0 Å². The van der Waals surface area contributed by atoms with E-state index in [-0.39, 0.29) is 0 Å². The van der Waals surface area contributed by atoms with Gasteiger partial charge in [0.2, 0.25) is 0 Å². The Morgan fingerprint density at radius 3 is 2.89 bits per heavy atom. The Morgan fingerprint density at radius 2 is 2.44 bits per heavy atom. The lowest BCUT2D eigenvalue weighted by molar-refractivity contribution is 0.533. The van der Waals surface area contributed by atoms with E-state index in [1.165, 1.54) is 0 Å². The summed E-state index contributed by atoms with van der Waals surface area (Å²) in [4.78, 5) is 1.81. The zero-order chi connectivity index (χ0) is 6.69.